The van der Waals surface area contributed by atoms with Gasteiger partial charge in [-0.3, -0.25) is 0 Å². The van der Waals surface area contributed by atoms with Gasteiger partial charge in [-0.05, 0) is 49.8 Å². The van der Waals surface area contributed by atoms with Crippen LogP contribution in [0.2, 0.25) is 0 Å². The lowest BCUT2D eigenvalue weighted by Gasteiger charge is -2.32. The van der Waals surface area contributed by atoms with E-state index in [1.54, 1.807) is 0 Å². The van der Waals surface area contributed by atoms with Crippen molar-refractivity contribution in [3.05, 3.63) is 54.1 Å². The maximum absolute atomic E-state index is 10.8. The van der Waals surface area contributed by atoms with E-state index in [0.29, 0.717) is 0 Å². The second kappa shape index (κ2) is 6.59. The van der Waals surface area contributed by atoms with Crippen LogP contribution in [0.4, 0.5) is 0 Å². The molecule has 0 amide bonds. The zero-order valence-electron chi connectivity index (χ0n) is 15.0. The highest BCUT2D eigenvalue weighted by atomic mass is 32.2. The van der Waals surface area contributed by atoms with Gasteiger partial charge in [-0.25, -0.2) is 8.42 Å². The van der Waals surface area contributed by atoms with E-state index >= 15 is 0 Å². The summed E-state index contributed by atoms with van der Waals surface area (Å²) in [6.45, 7) is 8.16. The highest BCUT2D eigenvalue weighted by molar-refractivity contribution is 7.71. The monoisotopic (exact) mass is 358 g/mol. The molecule has 0 aliphatic carbocycles. The lowest BCUT2D eigenvalue weighted by atomic mass is 9.78. The summed E-state index contributed by atoms with van der Waals surface area (Å²) in [6, 6.07) is 15.7. The van der Waals surface area contributed by atoms with Crippen molar-refractivity contribution in [3.8, 4) is 11.1 Å². The van der Waals surface area contributed by atoms with Crippen molar-refractivity contribution in [2.24, 2.45) is 0 Å². The fourth-order valence-electron chi connectivity index (χ4n) is 2.76. The number of benzene rings is 2. The van der Waals surface area contributed by atoms with Crippen LogP contribution in [0.1, 0.15) is 33.3 Å². The Morgan fingerprint density at radius 3 is 1.68 bits per heavy atom. The lowest BCUT2D eigenvalue weighted by Crippen LogP contribution is -2.41. The van der Waals surface area contributed by atoms with Gasteiger partial charge >= 0.3 is 7.12 Å². The Morgan fingerprint density at radius 2 is 1.24 bits per heavy atom. The molecular weight excluding hydrogens is 335 g/mol. The van der Waals surface area contributed by atoms with Crippen LogP contribution in [-0.2, 0) is 25.8 Å². The summed E-state index contributed by atoms with van der Waals surface area (Å²) >= 11 is 0. The Kier molecular flexibility index (Phi) is 4.79. The van der Waals surface area contributed by atoms with E-state index in [9.17, 15) is 8.42 Å². The topological polar surface area (TPSA) is 52.6 Å². The summed E-state index contributed by atoms with van der Waals surface area (Å²) in [5.41, 5.74) is 3.20. The summed E-state index contributed by atoms with van der Waals surface area (Å²) in [5.74, 6) is 0.0798. The molecule has 0 unspecified atom stereocenters. The summed E-state index contributed by atoms with van der Waals surface area (Å²) in [7, 11) is -2.76. The SMILES string of the molecule is CC1(C)OB(c2ccc(-c3ccc(C[SH](=O)=O)cc3)cc2)OC1(C)C. The van der Waals surface area contributed by atoms with Gasteiger partial charge in [-0.1, -0.05) is 48.5 Å². The fourth-order valence-corrected chi connectivity index (χ4v) is 3.27. The Hall–Kier alpha value is -1.63. The van der Waals surface area contributed by atoms with Crippen LogP contribution >= 0.6 is 0 Å². The molecule has 0 N–H and O–H groups in total. The molecule has 1 aliphatic rings. The van der Waals surface area contributed by atoms with Gasteiger partial charge in [0.25, 0.3) is 0 Å². The molecule has 0 saturated carbocycles. The molecule has 2 aromatic carbocycles. The van der Waals surface area contributed by atoms with Gasteiger partial charge in [0.05, 0.1) is 17.0 Å². The standard InChI is InChI=1S/C19H23BO4S/c1-18(2)19(3,4)24-20(23-18)17-11-9-16(10-12-17)15-7-5-14(6-8-15)13-25(21)22/h5-12,25H,13H2,1-4H3. The van der Waals surface area contributed by atoms with Crippen LogP contribution < -0.4 is 5.46 Å². The van der Waals surface area contributed by atoms with Gasteiger partial charge in [0, 0.05) is 0 Å². The predicted octanol–water partition coefficient (Wildman–Crippen LogP) is 2.76. The zero-order chi connectivity index (χ0) is 18.2. The molecule has 0 spiro atoms. The quantitative estimate of drug-likeness (QED) is 0.675. The minimum absolute atomic E-state index is 0.0798. The van der Waals surface area contributed by atoms with Gasteiger partial charge in [0.15, 0.2) is 0 Å². The smallest absolute Gasteiger partial charge is 0.399 e. The van der Waals surface area contributed by atoms with Gasteiger partial charge in [0.2, 0.25) is 0 Å². The maximum atomic E-state index is 10.8. The van der Waals surface area contributed by atoms with E-state index in [1.165, 1.54) is 0 Å². The zero-order valence-corrected chi connectivity index (χ0v) is 15.9. The first-order chi connectivity index (χ1) is 11.7. The van der Waals surface area contributed by atoms with E-state index in [2.05, 4.69) is 0 Å². The molecule has 6 heteroatoms. The van der Waals surface area contributed by atoms with Crippen LogP contribution in [-0.4, -0.2) is 26.7 Å². The Balaban J connectivity index is 1.77. The van der Waals surface area contributed by atoms with Crippen LogP contribution in [0, 0.1) is 0 Å². The van der Waals surface area contributed by atoms with Crippen molar-refractivity contribution >= 4 is 23.3 Å². The molecule has 25 heavy (non-hydrogen) atoms. The molecule has 1 fully saturated rings. The summed E-state index contributed by atoms with van der Waals surface area (Å²) in [6.07, 6.45) is 0. The van der Waals surface area contributed by atoms with E-state index in [-0.39, 0.29) is 24.1 Å². The van der Waals surface area contributed by atoms with Crippen molar-refractivity contribution in [1.29, 1.82) is 0 Å². The number of hydrogen-bond acceptors (Lipinski definition) is 4. The third-order valence-corrected chi connectivity index (χ3v) is 5.66. The molecule has 0 radical (unpaired) electrons. The Bertz CT molecular complexity index is 800. The lowest BCUT2D eigenvalue weighted by molar-refractivity contribution is 0.00578. The molecule has 3 rings (SSSR count). The van der Waals surface area contributed by atoms with E-state index in [1.807, 2.05) is 76.2 Å². The van der Waals surface area contributed by atoms with Crippen LogP contribution in [0.15, 0.2) is 48.5 Å². The first kappa shape index (κ1) is 18.2. The average molecular weight is 358 g/mol. The molecular formula is C19H23BO4S. The van der Waals surface area contributed by atoms with Crippen molar-refractivity contribution in [2.75, 3.05) is 0 Å². The summed E-state index contributed by atoms with van der Waals surface area (Å²) in [5, 5.41) is 0. The Morgan fingerprint density at radius 1 is 0.800 bits per heavy atom. The first-order valence-electron chi connectivity index (χ1n) is 8.35. The second-order valence-electron chi connectivity index (χ2n) is 7.40. The molecule has 0 bridgehead atoms. The largest absolute Gasteiger partial charge is 0.494 e. The van der Waals surface area contributed by atoms with Crippen molar-refractivity contribution < 1.29 is 17.7 Å². The minimum Gasteiger partial charge on any atom is -0.399 e. The van der Waals surface area contributed by atoms with Crippen LogP contribution in [0.5, 0.6) is 0 Å². The van der Waals surface area contributed by atoms with E-state index in [4.69, 9.17) is 9.31 Å². The summed E-state index contributed by atoms with van der Waals surface area (Å²) in [4.78, 5) is 0. The van der Waals surface area contributed by atoms with Crippen molar-refractivity contribution in [2.45, 2.75) is 44.6 Å². The molecule has 0 aromatic heterocycles. The van der Waals surface area contributed by atoms with Crippen LogP contribution in [0.25, 0.3) is 11.1 Å². The average Bonchev–Trinajstić information content (AvgIpc) is 2.76. The van der Waals surface area contributed by atoms with Gasteiger partial charge in [0.1, 0.15) is 10.7 Å². The highest BCUT2D eigenvalue weighted by Gasteiger charge is 2.51. The van der Waals surface area contributed by atoms with Crippen LogP contribution in [0.3, 0.4) is 0 Å². The normalized spacial score (nSPS) is 18.7. The number of hydrogen-bond donors (Lipinski definition) is 1. The number of thiol groups is 1. The van der Waals surface area contributed by atoms with Crippen molar-refractivity contribution in [1.82, 2.24) is 0 Å². The van der Waals surface area contributed by atoms with Crippen molar-refractivity contribution in [3.63, 3.8) is 0 Å². The maximum Gasteiger partial charge on any atom is 0.494 e. The van der Waals surface area contributed by atoms with Gasteiger partial charge in [-0.2, -0.15) is 0 Å². The molecule has 1 saturated heterocycles. The summed E-state index contributed by atoms with van der Waals surface area (Å²) < 4.78 is 33.7. The minimum atomic E-state index is -2.39. The predicted molar refractivity (Wildman–Crippen MR) is 102 cm³/mol. The Labute approximate surface area is 151 Å². The fraction of sp³-hybridized carbons (Fsp3) is 0.368. The van der Waals surface area contributed by atoms with E-state index < -0.39 is 10.7 Å². The molecule has 2 aromatic rings. The first-order valence-corrected chi connectivity index (χ1v) is 9.71. The molecule has 4 nitrogen and oxygen atoms in total. The third kappa shape index (κ3) is 3.81. The molecule has 0 atom stereocenters. The molecule has 1 aliphatic heterocycles. The number of rotatable bonds is 4. The second-order valence-corrected chi connectivity index (χ2v) is 8.38. The molecule has 132 valence electrons. The third-order valence-electron chi connectivity index (χ3n) is 5.04. The highest BCUT2D eigenvalue weighted by Crippen LogP contribution is 2.36. The van der Waals surface area contributed by atoms with Gasteiger partial charge in [-0.15, -0.1) is 0 Å². The van der Waals surface area contributed by atoms with E-state index in [0.717, 1.165) is 22.2 Å². The van der Waals surface area contributed by atoms with Gasteiger partial charge < -0.3 is 9.31 Å². The molecule has 1 heterocycles.